The Morgan fingerprint density at radius 2 is 1.94 bits per heavy atom. The van der Waals surface area contributed by atoms with E-state index in [9.17, 15) is 0 Å². The summed E-state index contributed by atoms with van der Waals surface area (Å²) in [4.78, 5) is 0. The number of hydrogen-bond donors (Lipinski definition) is 1. The molecule has 0 spiro atoms. The lowest BCUT2D eigenvalue weighted by Crippen LogP contribution is -1.99. The monoisotopic (exact) mass is 244 g/mol. The molecule has 0 atom stereocenters. The molecule has 0 aliphatic rings. The second kappa shape index (κ2) is 6.24. The Morgan fingerprint density at radius 1 is 1.17 bits per heavy atom. The number of ether oxygens (including phenoxy) is 1. The van der Waals surface area contributed by atoms with Crippen molar-refractivity contribution in [1.82, 2.24) is 10.2 Å². The first kappa shape index (κ1) is 12.7. The fourth-order valence-electron chi connectivity index (χ4n) is 1.83. The average Bonchev–Trinajstić information content (AvgIpc) is 2.89. The molecule has 0 unspecified atom stereocenters. The summed E-state index contributed by atoms with van der Waals surface area (Å²) in [6.45, 7) is 5.27. The molecule has 1 aromatic heterocycles. The van der Waals surface area contributed by atoms with Gasteiger partial charge in [0.15, 0.2) is 0 Å². The molecular formula is C15H20N2O. The van der Waals surface area contributed by atoms with E-state index in [1.807, 2.05) is 24.5 Å². The van der Waals surface area contributed by atoms with E-state index in [1.54, 1.807) is 0 Å². The van der Waals surface area contributed by atoms with Gasteiger partial charge in [-0.15, -0.1) is 0 Å². The zero-order valence-corrected chi connectivity index (χ0v) is 11.0. The molecule has 1 N–H and O–H groups in total. The number of nitrogens with zero attached hydrogens (tertiary/aromatic N) is 1. The maximum Gasteiger partial charge on any atom is 0.119 e. The van der Waals surface area contributed by atoms with Gasteiger partial charge in [0, 0.05) is 11.8 Å². The predicted octanol–water partition coefficient (Wildman–Crippen LogP) is 3.89. The van der Waals surface area contributed by atoms with Crippen LogP contribution in [0.1, 0.15) is 26.7 Å². The first-order valence-electron chi connectivity index (χ1n) is 6.47. The third-order valence-electron chi connectivity index (χ3n) is 2.88. The zero-order chi connectivity index (χ0) is 12.8. The van der Waals surface area contributed by atoms with Gasteiger partial charge in [-0.1, -0.05) is 26.0 Å². The summed E-state index contributed by atoms with van der Waals surface area (Å²) < 4.78 is 5.71. The minimum absolute atomic E-state index is 0.747. The Labute approximate surface area is 108 Å². The van der Waals surface area contributed by atoms with Crippen LogP contribution in [0.15, 0.2) is 36.7 Å². The molecule has 0 aliphatic heterocycles. The Morgan fingerprint density at radius 3 is 2.56 bits per heavy atom. The van der Waals surface area contributed by atoms with Crippen LogP contribution in [0.25, 0.3) is 11.1 Å². The standard InChI is InChI=1S/C15H20N2O/c1-12(2)4-3-9-18-15-7-5-13(6-8-15)14-10-16-17-11-14/h5-8,10-12H,3-4,9H2,1-2H3,(H,16,17). The minimum atomic E-state index is 0.747. The van der Waals surface area contributed by atoms with Gasteiger partial charge in [-0.2, -0.15) is 5.10 Å². The van der Waals surface area contributed by atoms with Crippen LogP contribution < -0.4 is 4.74 Å². The van der Waals surface area contributed by atoms with Crippen molar-refractivity contribution in [1.29, 1.82) is 0 Å². The summed E-state index contributed by atoms with van der Waals surface area (Å²) >= 11 is 0. The lowest BCUT2D eigenvalue weighted by molar-refractivity contribution is 0.298. The lowest BCUT2D eigenvalue weighted by Gasteiger charge is -2.08. The first-order chi connectivity index (χ1) is 8.75. The molecule has 0 aliphatic carbocycles. The highest BCUT2D eigenvalue weighted by Gasteiger charge is 2.00. The van der Waals surface area contributed by atoms with Gasteiger partial charge >= 0.3 is 0 Å². The summed E-state index contributed by atoms with van der Waals surface area (Å²) in [5, 5.41) is 6.76. The smallest absolute Gasteiger partial charge is 0.119 e. The van der Waals surface area contributed by atoms with Crippen molar-refractivity contribution in [2.45, 2.75) is 26.7 Å². The van der Waals surface area contributed by atoms with E-state index in [0.717, 1.165) is 35.8 Å². The van der Waals surface area contributed by atoms with Crippen LogP contribution in [0, 0.1) is 5.92 Å². The number of benzene rings is 1. The number of hydrogen-bond acceptors (Lipinski definition) is 2. The van der Waals surface area contributed by atoms with Crippen molar-refractivity contribution in [2.24, 2.45) is 5.92 Å². The molecule has 1 aromatic carbocycles. The number of rotatable bonds is 6. The van der Waals surface area contributed by atoms with Crippen molar-refractivity contribution >= 4 is 0 Å². The van der Waals surface area contributed by atoms with Crippen LogP contribution in [0.3, 0.4) is 0 Å². The van der Waals surface area contributed by atoms with Gasteiger partial charge in [0.1, 0.15) is 5.75 Å². The third kappa shape index (κ3) is 3.62. The summed E-state index contributed by atoms with van der Waals surface area (Å²) in [6, 6.07) is 8.14. The van der Waals surface area contributed by atoms with Crippen LogP contribution >= 0.6 is 0 Å². The first-order valence-corrected chi connectivity index (χ1v) is 6.47. The maximum atomic E-state index is 5.71. The van der Waals surface area contributed by atoms with Crippen LogP contribution in [-0.4, -0.2) is 16.8 Å². The van der Waals surface area contributed by atoms with Gasteiger partial charge in [0.2, 0.25) is 0 Å². The fourth-order valence-corrected chi connectivity index (χ4v) is 1.83. The number of aromatic nitrogens is 2. The quantitative estimate of drug-likeness (QED) is 0.783. The van der Waals surface area contributed by atoms with Gasteiger partial charge < -0.3 is 4.74 Å². The normalized spacial score (nSPS) is 10.8. The topological polar surface area (TPSA) is 37.9 Å². The van der Waals surface area contributed by atoms with Crippen LogP contribution in [-0.2, 0) is 0 Å². The fraction of sp³-hybridized carbons (Fsp3) is 0.400. The second-order valence-electron chi connectivity index (χ2n) is 4.90. The summed E-state index contributed by atoms with van der Waals surface area (Å²) in [7, 11) is 0. The van der Waals surface area contributed by atoms with E-state index in [1.165, 1.54) is 6.42 Å². The number of aromatic amines is 1. The average molecular weight is 244 g/mol. The van der Waals surface area contributed by atoms with Gasteiger partial charge in [-0.05, 0) is 36.5 Å². The van der Waals surface area contributed by atoms with Crippen molar-refractivity contribution < 1.29 is 4.74 Å². The number of H-pyrrole nitrogens is 1. The Bertz CT molecular complexity index is 446. The zero-order valence-electron chi connectivity index (χ0n) is 11.0. The largest absolute Gasteiger partial charge is 0.494 e. The second-order valence-corrected chi connectivity index (χ2v) is 4.90. The minimum Gasteiger partial charge on any atom is -0.494 e. The summed E-state index contributed by atoms with van der Waals surface area (Å²) in [5.41, 5.74) is 2.25. The molecule has 0 amide bonds. The molecule has 2 rings (SSSR count). The predicted molar refractivity (Wildman–Crippen MR) is 73.6 cm³/mol. The van der Waals surface area contributed by atoms with E-state index in [2.05, 4.69) is 36.2 Å². The van der Waals surface area contributed by atoms with Gasteiger partial charge in [0.05, 0.1) is 12.8 Å². The number of nitrogens with one attached hydrogen (secondary N) is 1. The summed E-state index contributed by atoms with van der Waals surface area (Å²) in [5.74, 6) is 1.68. The molecule has 2 aromatic rings. The van der Waals surface area contributed by atoms with Gasteiger partial charge in [-0.3, -0.25) is 5.10 Å². The highest BCUT2D eigenvalue weighted by atomic mass is 16.5. The molecule has 0 saturated carbocycles. The SMILES string of the molecule is CC(C)CCCOc1ccc(-c2cn[nH]c2)cc1. The van der Waals surface area contributed by atoms with E-state index in [0.29, 0.717) is 0 Å². The van der Waals surface area contributed by atoms with Crippen LogP contribution in [0.5, 0.6) is 5.75 Å². The molecule has 3 heteroatoms. The molecular weight excluding hydrogens is 224 g/mol. The highest BCUT2D eigenvalue weighted by molar-refractivity contribution is 5.62. The molecule has 18 heavy (non-hydrogen) atoms. The Balaban J connectivity index is 1.84. The molecule has 0 bridgehead atoms. The molecule has 0 radical (unpaired) electrons. The van der Waals surface area contributed by atoms with Gasteiger partial charge in [0.25, 0.3) is 0 Å². The molecule has 96 valence electrons. The molecule has 0 saturated heterocycles. The summed E-state index contributed by atoms with van der Waals surface area (Å²) in [6.07, 6.45) is 6.03. The van der Waals surface area contributed by atoms with Crippen molar-refractivity contribution in [3.63, 3.8) is 0 Å². The molecule has 1 heterocycles. The lowest BCUT2D eigenvalue weighted by atomic mass is 10.1. The maximum absolute atomic E-state index is 5.71. The molecule has 0 fully saturated rings. The van der Waals surface area contributed by atoms with Crippen LogP contribution in [0.2, 0.25) is 0 Å². The Hall–Kier alpha value is -1.77. The van der Waals surface area contributed by atoms with Crippen molar-refractivity contribution in [3.05, 3.63) is 36.7 Å². The van der Waals surface area contributed by atoms with E-state index < -0.39 is 0 Å². The van der Waals surface area contributed by atoms with E-state index in [4.69, 9.17) is 4.74 Å². The highest BCUT2D eigenvalue weighted by Crippen LogP contribution is 2.21. The third-order valence-corrected chi connectivity index (χ3v) is 2.88. The van der Waals surface area contributed by atoms with Crippen molar-refractivity contribution in [2.75, 3.05) is 6.61 Å². The molecule has 3 nitrogen and oxygen atoms in total. The van der Waals surface area contributed by atoms with E-state index >= 15 is 0 Å². The van der Waals surface area contributed by atoms with E-state index in [-0.39, 0.29) is 0 Å². The Kier molecular flexibility index (Phi) is 4.40. The van der Waals surface area contributed by atoms with Crippen molar-refractivity contribution in [3.8, 4) is 16.9 Å². The van der Waals surface area contributed by atoms with Gasteiger partial charge in [-0.25, -0.2) is 0 Å². The van der Waals surface area contributed by atoms with Crippen LogP contribution in [0.4, 0.5) is 0 Å².